The minimum absolute atomic E-state index is 0.246. The van der Waals surface area contributed by atoms with E-state index >= 15 is 0 Å². The van der Waals surface area contributed by atoms with Gasteiger partial charge in [-0.05, 0) is 74.1 Å². The van der Waals surface area contributed by atoms with E-state index in [0.29, 0.717) is 22.3 Å². The van der Waals surface area contributed by atoms with Crippen LogP contribution in [0, 0.1) is 19.7 Å². The number of aryl methyl sites for hydroxylation is 1. The molecule has 0 saturated carbocycles. The van der Waals surface area contributed by atoms with Crippen LogP contribution in [0.25, 0.3) is 5.69 Å². The van der Waals surface area contributed by atoms with E-state index in [9.17, 15) is 4.39 Å². The Hall–Kier alpha value is -3.91. The maximum atomic E-state index is 14.8. The topological polar surface area (TPSA) is 51.6 Å². The van der Waals surface area contributed by atoms with Crippen molar-refractivity contribution < 1.29 is 13.9 Å². The summed E-state index contributed by atoms with van der Waals surface area (Å²) in [5, 5.41) is 4.02. The van der Waals surface area contributed by atoms with Gasteiger partial charge in [0, 0.05) is 23.7 Å². The summed E-state index contributed by atoms with van der Waals surface area (Å²) in [4.78, 5) is 6.68. The van der Waals surface area contributed by atoms with Crippen molar-refractivity contribution in [1.29, 1.82) is 0 Å². The lowest BCUT2D eigenvalue weighted by Gasteiger charge is -2.29. The number of halogens is 1. The normalized spacial score (nSPS) is 17.2. The van der Waals surface area contributed by atoms with Gasteiger partial charge in [-0.2, -0.15) is 0 Å². The average Bonchev–Trinajstić information content (AvgIpc) is 3.39. The van der Waals surface area contributed by atoms with Crippen molar-refractivity contribution in [3.8, 4) is 17.2 Å². The van der Waals surface area contributed by atoms with Crippen LogP contribution in [0.2, 0.25) is 0 Å². The molecule has 2 aromatic heterocycles. The maximum absolute atomic E-state index is 14.8. The number of benzene rings is 2. The highest BCUT2D eigenvalue weighted by atomic mass is 32.1. The predicted molar refractivity (Wildman–Crippen MR) is 143 cm³/mol. The van der Waals surface area contributed by atoms with Crippen molar-refractivity contribution in [2.24, 2.45) is 0 Å². The summed E-state index contributed by atoms with van der Waals surface area (Å²) in [6.07, 6.45) is 1.77. The van der Waals surface area contributed by atoms with Crippen molar-refractivity contribution >= 4 is 23.0 Å². The standard InChI is InChI=1S/C28H27FN4O2S/c1-17-15-20(18(2)32(17)23-11-6-5-9-21(23)29)27-26(22-10-7-8-14-30-22)31-28(36)33(27)24-16-19(34-3)12-13-25(24)35-4/h5-16,26-27H,1-4H3,(H,31,36)/t26-,27+/m0/s1. The average molecular weight is 503 g/mol. The third-order valence-electron chi connectivity index (χ3n) is 6.63. The molecule has 1 fully saturated rings. The molecule has 4 aromatic rings. The zero-order valence-electron chi connectivity index (χ0n) is 20.5. The molecule has 5 rings (SSSR count). The fourth-order valence-corrected chi connectivity index (χ4v) is 5.35. The lowest BCUT2D eigenvalue weighted by molar-refractivity contribution is 0.403. The molecular weight excluding hydrogens is 475 g/mol. The summed E-state index contributed by atoms with van der Waals surface area (Å²) in [7, 11) is 3.26. The number of hydrogen-bond acceptors (Lipinski definition) is 4. The van der Waals surface area contributed by atoms with Gasteiger partial charge < -0.3 is 24.3 Å². The largest absolute Gasteiger partial charge is 0.497 e. The number of methoxy groups -OCH3 is 2. The van der Waals surface area contributed by atoms with E-state index < -0.39 is 0 Å². The molecule has 3 heterocycles. The first-order valence-corrected chi connectivity index (χ1v) is 12.0. The van der Waals surface area contributed by atoms with Crippen molar-refractivity contribution in [1.82, 2.24) is 14.9 Å². The summed E-state index contributed by atoms with van der Waals surface area (Å²) >= 11 is 5.88. The SMILES string of the molecule is COc1ccc(OC)c(N2C(=S)N[C@@H](c3ccccn3)[C@H]2c2cc(C)n(-c3ccccc3F)c2C)c1. The van der Waals surface area contributed by atoms with E-state index in [1.165, 1.54) is 6.07 Å². The molecule has 2 aromatic carbocycles. The van der Waals surface area contributed by atoms with E-state index in [2.05, 4.69) is 16.4 Å². The van der Waals surface area contributed by atoms with E-state index in [1.807, 2.05) is 65.8 Å². The van der Waals surface area contributed by atoms with Gasteiger partial charge >= 0.3 is 0 Å². The number of ether oxygens (including phenoxy) is 2. The van der Waals surface area contributed by atoms with Gasteiger partial charge in [-0.15, -0.1) is 0 Å². The second kappa shape index (κ2) is 9.62. The van der Waals surface area contributed by atoms with Crippen LogP contribution in [0.4, 0.5) is 10.1 Å². The van der Waals surface area contributed by atoms with Crippen LogP contribution >= 0.6 is 12.2 Å². The molecule has 36 heavy (non-hydrogen) atoms. The Kier molecular flexibility index (Phi) is 6.36. The lowest BCUT2D eigenvalue weighted by Crippen LogP contribution is -2.30. The summed E-state index contributed by atoms with van der Waals surface area (Å²) < 4.78 is 28.0. The van der Waals surface area contributed by atoms with E-state index in [-0.39, 0.29) is 17.9 Å². The van der Waals surface area contributed by atoms with Crippen LogP contribution in [0.15, 0.2) is 72.9 Å². The second-order valence-electron chi connectivity index (χ2n) is 8.65. The number of nitrogens with one attached hydrogen (secondary N) is 1. The first-order chi connectivity index (χ1) is 17.4. The van der Waals surface area contributed by atoms with E-state index in [0.717, 1.165) is 28.3 Å². The summed E-state index contributed by atoms with van der Waals surface area (Å²) in [5.41, 5.74) is 4.97. The molecule has 6 nitrogen and oxygen atoms in total. The number of pyridine rings is 1. The summed E-state index contributed by atoms with van der Waals surface area (Å²) in [6, 6.07) is 19.8. The molecular formula is C28H27FN4O2S. The van der Waals surface area contributed by atoms with Gasteiger partial charge in [0.2, 0.25) is 0 Å². The van der Waals surface area contributed by atoms with Gasteiger partial charge in [0.05, 0.1) is 43.4 Å². The Morgan fingerprint density at radius 2 is 1.72 bits per heavy atom. The van der Waals surface area contributed by atoms with Crippen molar-refractivity contribution in [2.45, 2.75) is 25.9 Å². The molecule has 1 saturated heterocycles. The molecule has 0 radical (unpaired) electrons. The minimum Gasteiger partial charge on any atom is -0.497 e. The van der Waals surface area contributed by atoms with Crippen LogP contribution in [0.3, 0.4) is 0 Å². The van der Waals surface area contributed by atoms with Crippen molar-refractivity contribution in [3.63, 3.8) is 0 Å². The Labute approximate surface area is 215 Å². The maximum Gasteiger partial charge on any atom is 0.174 e. The van der Waals surface area contributed by atoms with Gasteiger partial charge in [0.25, 0.3) is 0 Å². The molecule has 0 aliphatic carbocycles. The quantitative estimate of drug-likeness (QED) is 0.335. The molecule has 1 aliphatic rings. The Balaban J connectivity index is 1.73. The number of aromatic nitrogens is 2. The fraction of sp³-hybridized carbons (Fsp3) is 0.214. The van der Waals surface area contributed by atoms with E-state index in [4.69, 9.17) is 21.7 Å². The third kappa shape index (κ3) is 3.97. The van der Waals surface area contributed by atoms with Crippen LogP contribution in [-0.4, -0.2) is 28.9 Å². The molecule has 1 N–H and O–H groups in total. The first kappa shape index (κ1) is 23.8. The summed E-state index contributed by atoms with van der Waals surface area (Å²) in [5.74, 6) is 1.07. The zero-order valence-corrected chi connectivity index (χ0v) is 21.3. The molecule has 0 bridgehead atoms. The highest BCUT2D eigenvalue weighted by Gasteiger charge is 2.43. The number of rotatable bonds is 6. The molecule has 2 atom stereocenters. The molecule has 8 heteroatoms. The zero-order chi connectivity index (χ0) is 25.4. The Morgan fingerprint density at radius 3 is 2.42 bits per heavy atom. The minimum atomic E-state index is -0.279. The predicted octanol–water partition coefficient (Wildman–Crippen LogP) is 5.82. The van der Waals surface area contributed by atoms with Crippen LogP contribution in [0.1, 0.15) is 34.7 Å². The summed E-state index contributed by atoms with van der Waals surface area (Å²) in [6.45, 7) is 3.99. The van der Waals surface area contributed by atoms with Crippen LogP contribution in [-0.2, 0) is 0 Å². The van der Waals surface area contributed by atoms with Crippen LogP contribution in [0.5, 0.6) is 11.5 Å². The first-order valence-electron chi connectivity index (χ1n) is 11.6. The highest BCUT2D eigenvalue weighted by Crippen LogP contribution is 2.47. The Bertz CT molecular complexity index is 1420. The van der Waals surface area contributed by atoms with Gasteiger partial charge in [0.15, 0.2) is 5.11 Å². The van der Waals surface area contributed by atoms with Gasteiger partial charge in [0.1, 0.15) is 17.3 Å². The molecule has 0 spiro atoms. The molecule has 1 aliphatic heterocycles. The monoisotopic (exact) mass is 502 g/mol. The number of thiocarbonyl (C=S) groups is 1. The molecule has 0 unspecified atom stereocenters. The fourth-order valence-electron chi connectivity index (χ4n) is 5.01. The molecule has 0 amide bonds. The smallest absolute Gasteiger partial charge is 0.174 e. The van der Waals surface area contributed by atoms with Gasteiger partial charge in [-0.25, -0.2) is 4.39 Å². The van der Waals surface area contributed by atoms with E-state index in [1.54, 1.807) is 32.5 Å². The van der Waals surface area contributed by atoms with Crippen LogP contribution < -0.4 is 19.7 Å². The van der Waals surface area contributed by atoms with Gasteiger partial charge in [-0.3, -0.25) is 4.98 Å². The number of hydrogen-bond donors (Lipinski definition) is 1. The van der Waals surface area contributed by atoms with Crippen molar-refractivity contribution in [3.05, 3.63) is 101 Å². The highest BCUT2D eigenvalue weighted by molar-refractivity contribution is 7.80. The lowest BCUT2D eigenvalue weighted by atomic mass is 9.96. The Morgan fingerprint density at radius 1 is 0.944 bits per heavy atom. The second-order valence-corrected chi connectivity index (χ2v) is 9.03. The number of para-hydroxylation sites is 1. The number of anilines is 1. The number of nitrogens with zero attached hydrogens (tertiary/aromatic N) is 3. The molecule has 184 valence electrons. The third-order valence-corrected chi connectivity index (χ3v) is 6.94. The van der Waals surface area contributed by atoms with Crippen molar-refractivity contribution in [2.75, 3.05) is 19.1 Å². The van der Waals surface area contributed by atoms with Gasteiger partial charge in [-0.1, -0.05) is 18.2 Å².